The van der Waals surface area contributed by atoms with Crippen molar-refractivity contribution >= 4 is 15.9 Å². The first-order valence-electron chi connectivity index (χ1n) is 6.12. The second-order valence-electron chi connectivity index (χ2n) is 4.11. The molecule has 0 aromatic rings. The first-order chi connectivity index (χ1) is 8.41. The van der Waals surface area contributed by atoms with Crippen LogP contribution in [-0.4, -0.2) is 58.2 Å². The quantitative estimate of drug-likeness (QED) is 0.580. The van der Waals surface area contributed by atoms with Gasteiger partial charge in [0.15, 0.2) is 0 Å². The number of ether oxygens (including phenoxy) is 1. The molecular formula is C11H24N2O4S. The van der Waals surface area contributed by atoms with Gasteiger partial charge in [-0.05, 0) is 12.8 Å². The van der Waals surface area contributed by atoms with Crippen LogP contribution in [0.2, 0.25) is 0 Å². The van der Waals surface area contributed by atoms with Gasteiger partial charge in [0.25, 0.3) is 0 Å². The molecule has 0 rings (SSSR count). The molecule has 0 aromatic heterocycles. The van der Waals surface area contributed by atoms with Crippen molar-refractivity contribution in [1.29, 1.82) is 0 Å². The summed E-state index contributed by atoms with van der Waals surface area (Å²) in [6.45, 7) is 3.70. The van der Waals surface area contributed by atoms with E-state index in [0.717, 1.165) is 12.7 Å². The molecule has 1 N–H and O–H groups in total. The van der Waals surface area contributed by atoms with Crippen LogP contribution in [0.1, 0.15) is 26.2 Å². The average molecular weight is 280 g/mol. The molecule has 0 aliphatic heterocycles. The second-order valence-corrected chi connectivity index (χ2v) is 6.09. The Balaban J connectivity index is 4.13. The van der Waals surface area contributed by atoms with E-state index in [1.165, 1.54) is 4.31 Å². The Kier molecular flexibility index (Phi) is 8.95. The molecule has 0 aliphatic rings. The fourth-order valence-corrected chi connectivity index (χ4v) is 2.29. The summed E-state index contributed by atoms with van der Waals surface area (Å²) < 4.78 is 29.2. The van der Waals surface area contributed by atoms with Gasteiger partial charge in [-0.1, -0.05) is 6.92 Å². The van der Waals surface area contributed by atoms with Gasteiger partial charge >= 0.3 is 0 Å². The topological polar surface area (TPSA) is 75.7 Å². The summed E-state index contributed by atoms with van der Waals surface area (Å²) in [6.07, 6.45) is 2.85. The number of carbonyl (C=O) groups is 1. The number of nitrogens with one attached hydrogen (secondary N) is 1. The third-order valence-electron chi connectivity index (χ3n) is 2.39. The first kappa shape index (κ1) is 17.3. The maximum absolute atomic E-state index is 11.5. The molecule has 0 aliphatic carbocycles. The lowest BCUT2D eigenvalue weighted by Gasteiger charge is -2.19. The van der Waals surface area contributed by atoms with Crippen LogP contribution in [0.15, 0.2) is 0 Å². The molecular weight excluding hydrogens is 256 g/mol. The number of rotatable bonds is 10. The molecule has 0 saturated heterocycles. The number of hydrogen-bond donors (Lipinski definition) is 1. The average Bonchev–Trinajstić information content (AvgIpc) is 2.29. The molecule has 0 atom stereocenters. The van der Waals surface area contributed by atoms with Crippen molar-refractivity contribution in [2.24, 2.45) is 0 Å². The van der Waals surface area contributed by atoms with Crippen LogP contribution in [0.4, 0.5) is 0 Å². The number of amides is 1. The van der Waals surface area contributed by atoms with Crippen molar-refractivity contribution in [3.8, 4) is 0 Å². The SMILES string of the molecule is CCCNC(=O)CCN(CCCOC)S(C)(=O)=O. The molecule has 0 saturated carbocycles. The first-order valence-corrected chi connectivity index (χ1v) is 7.97. The molecule has 0 unspecified atom stereocenters. The Hall–Kier alpha value is -0.660. The van der Waals surface area contributed by atoms with Gasteiger partial charge in [-0.2, -0.15) is 0 Å². The molecule has 6 nitrogen and oxygen atoms in total. The minimum atomic E-state index is -3.26. The molecule has 0 fully saturated rings. The van der Waals surface area contributed by atoms with Crippen LogP contribution >= 0.6 is 0 Å². The highest BCUT2D eigenvalue weighted by molar-refractivity contribution is 7.88. The van der Waals surface area contributed by atoms with E-state index in [2.05, 4.69) is 5.32 Å². The van der Waals surface area contributed by atoms with Crippen LogP contribution in [0.3, 0.4) is 0 Å². The van der Waals surface area contributed by atoms with Crippen LogP contribution in [0.5, 0.6) is 0 Å². The smallest absolute Gasteiger partial charge is 0.221 e. The second kappa shape index (κ2) is 9.29. The summed E-state index contributed by atoms with van der Waals surface area (Å²) in [6, 6.07) is 0. The van der Waals surface area contributed by atoms with Crippen molar-refractivity contribution in [2.75, 3.05) is 39.6 Å². The van der Waals surface area contributed by atoms with E-state index < -0.39 is 10.0 Å². The summed E-state index contributed by atoms with van der Waals surface area (Å²) in [5.74, 6) is -0.114. The molecule has 18 heavy (non-hydrogen) atoms. The Labute approximate surface area is 110 Å². The Morgan fingerprint density at radius 3 is 2.50 bits per heavy atom. The van der Waals surface area contributed by atoms with E-state index in [-0.39, 0.29) is 18.9 Å². The van der Waals surface area contributed by atoms with Crippen molar-refractivity contribution in [3.63, 3.8) is 0 Å². The predicted molar refractivity (Wildman–Crippen MR) is 70.8 cm³/mol. The van der Waals surface area contributed by atoms with Gasteiger partial charge in [0.05, 0.1) is 6.26 Å². The van der Waals surface area contributed by atoms with Crippen LogP contribution in [0.25, 0.3) is 0 Å². The van der Waals surface area contributed by atoms with Gasteiger partial charge < -0.3 is 10.1 Å². The zero-order valence-corrected chi connectivity index (χ0v) is 12.3. The van der Waals surface area contributed by atoms with E-state index in [9.17, 15) is 13.2 Å². The molecule has 108 valence electrons. The van der Waals surface area contributed by atoms with E-state index in [0.29, 0.717) is 26.1 Å². The van der Waals surface area contributed by atoms with Crippen LogP contribution < -0.4 is 5.32 Å². The number of sulfonamides is 1. The Morgan fingerprint density at radius 2 is 2.00 bits per heavy atom. The number of nitrogens with zero attached hydrogens (tertiary/aromatic N) is 1. The minimum Gasteiger partial charge on any atom is -0.385 e. The third-order valence-corrected chi connectivity index (χ3v) is 3.69. The maximum atomic E-state index is 11.5. The normalized spacial score (nSPS) is 11.8. The van der Waals surface area contributed by atoms with Gasteiger partial charge in [0.2, 0.25) is 15.9 Å². The molecule has 7 heteroatoms. The fraction of sp³-hybridized carbons (Fsp3) is 0.909. The van der Waals surface area contributed by atoms with Crippen LogP contribution in [-0.2, 0) is 19.6 Å². The van der Waals surface area contributed by atoms with Crippen molar-refractivity contribution in [2.45, 2.75) is 26.2 Å². The highest BCUT2D eigenvalue weighted by atomic mass is 32.2. The molecule has 1 amide bonds. The monoisotopic (exact) mass is 280 g/mol. The number of methoxy groups -OCH3 is 1. The molecule has 0 spiro atoms. The molecule has 0 bridgehead atoms. The minimum absolute atomic E-state index is 0.114. The lowest BCUT2D eigenvalue weighted by molar-refractivity contribution is -0.121. The summed E-state index contributed by atoms with van der Waals surface area (Å²) in [5.41, 5.74) is 0. The summed E-state index contributed by atoms with van der Waals surface area (Å²) in [4.78, 5) is 11.4. The highest BCUT2D eigenvalue weighted by Crippen LogP contribution is 2.01. The van der Waals surface area contributed by atoms with Crippen LogP contribution in [0, 0.1) is 0 Å². The van der Waals surface area contributed by atoms with E-state index >= 15 is 0 Å². The summed E-state index contributed by atoms with van der Waals surface area (Å²) in [5, 5.41) is 2.72. The van der Waals surface area contributed by atoms with E-state index in [1.807, 2.05) is 6.92 Å². The van der Waals surface area contributed by atoms with Gasteiger partial charge in [-0.15, -0.1) is 0 Å². The number of carbonyl (C=O) groups excluding carboxylic acids is 1. The largest absolute Gasteiger partial charge is 0.385 e. The molecule has 0 heterocycles. The van der Waals surface area contributed by atoms with E-state index in [1.54, 1.807) is 7.11 Å². The van der Waals surface area contributed by atoms with Gasteiger partial charge in [-0.3, -0.25) is 4.79 Å². The standard InChI is InChI=1S/C11H24N2O4S/c1-4-7-12-11(14)6-9-13(18(3,15)16)8-5-10-17-2/h4-10H2,1-3H3,(H,12,14). The Morgan fingerprint density at radius 1 is 1.33 bits per heavy atom. The van der Waals surface area contributed by atoms with Gasteiger partial charge in [0.1, 0.15) is 0 Å². The Bertz CT molecular complexity index is 330. The molecule has 0 aromatic carbocycles. The van der Waals surface area contributed by atoms with Crippen molar-refractivity contribution in [3.05, 3.63) is 0 Å². The van der Waals surface area contributed by atoms with Crippen molar-refractivity contribution in [1.82, 2.24) is 9.62 Å². The highest BCUT2D eigenvalue weighted by Gasteiger charge is 2.17. The maximum Gasteiger partial charge on any atom is 0.221 e. The lowest BCUT2D eigenvalue weighted by atomic mass is 10.3. The van der Waals surface area contributed by atoms with Gasteiger partial charge in [0, 0.05) is 39.8 Å². The van der Waals surface area contributed by atoms with Gasteiger partial charge in [-0.25, -0.2) is 12.7 Å². The third kappa shape index (κ3) is 8.43. The zero-order valence-electron chi connectivity index (χ0n) is 11.4. The predicted octanol–water partition coefficient (Wildman–Crippen LogP) is 0.201. The number of hydrogen-bond acceptors (Lipinski definition) is 4. The summed E-state index contributed by atoms with van der Waals surface area (Å²) in [7, 11) is -1.69. The summed E-state index contributed by atoms with van der Waals surface area (Å²) >= 11 is 0. The fourth-order valence-electron chi connectivity index (χ4n) is 1.41. The molecule has 0 radical (unpaired) electrons. The lowest BCUT2D eigenvalue weighted by Crippen LogP contribution is -2.35. The van der Waals surface area contributed by atoms with E-state index in [4.69, 9.17) is 4.74 Å². The van der Waals surface area contributed by atoms with Crippen molar-refractivity contribution < 1.29 is 17.9 Å². The zero-order chi connectivity index (χ0) is 14.0.